The van der Waals surface area contributed by atoms with Crippen molar-refractivity contribution in [1.29, 1.82) is 0 Å². The highest BCUT2D eigenvalue weighted by Crippen LogP contribution is 2.46. The zero-order valence-corrected chi connectivity index (χ0v) is 10.9. The van der Waals surface area contributed by atoms with Crippen LogP contribution in [0, 0.1) is 0 Å². The Morgan fingerprint density at radius 1 is 1.33 bits per heavy atom. The fourth-order valence-corrected chi connectivity index (χ4v) is 3.48. The van der Waals surface area contributed by atoms with E-state index >= 15 is 0 Å². The number of ether oxygens (including phenoxy) is 2. The Morgan fingerprint density at radius 2 is 2.17 bits per heavy atom. The lowest BCUT2D eigenvalue weighted by Crippen LogP contribution is -2.54. The van der Waals surface area contributed by atoms with Crippen molar-refractivity contribution in [1.82, 2.24) is 0 Å². The average molecular weight is 247 g/mol. The summed E-state index contributed by atoms with van der Waals surface area (Å²) < 4.78 is 12.0. The largest absolute Gasteiger partial charge is 0.484 e. The van der Waals surface area contributed by atoms with Crippen molar-refractivity contribution in [3.63, 3.8) is 0 Å². The van der Waals surface area contributed by atoms with Crippen LogP contribution in [0.2, 0.25) is 0 Å². The molecule has 1 fully saturated rings. The minimum Gasteiger partial charge on any atom is -0.484 e. The predicted octanol–water partition coefficient (Wildman–Crippen LogP) is 2.80. The molecule has 2 unspecified atom stereocenters. The van der Waals surface area contributed by atoms with Gasteiger partial charge in [-0.05, 0) is 25.3 Å². The molecule has 0 aromatic heterocycles. The lowest BCUT2D eigenvalue weighted by Gasteiger charge is -2.47. The van der Waals surface area contributed by atoms with Crippen molar-refractivity contribution in [2.75, 3.05) is 7.11 Å². The smallest absolute Gasteiger partial charge is 0.137 e. The van der Waals surface area contributed by atoms with Gasteiger partial charge in [0.2, 0.25) is 0 Å². The van der Waals surface area contributed by atoms with E-state index in [0.29, 0.717) is 0 Å². The van der Waals surface area contributed by atoms with Gasteiger partial charge in [-0.25, -0.2) is 0 Å². The summed E-state index contributed by atoms with van der Waals surface area (Å²) in [4.78, 5) is 0. The van der Waals surface area contributed by atoms with Crippen molar-refractivity contribution in [2.24, 2.45) is 5.73 Å². The molecule has 2 aliphatic rings. The first-order chi connectivity index (χ1) is 8.75. The summed E-state index contributed by atoms with van der Waals surface area (Å²) >= 11 is 0. The van der Waals surface area contributed by atoms with Crippen LogP contribution in [0.15, 0.2) is 24.3 Å². The van der Waals surface area contributed by atoms with E-state index in [9.17, 15) is 0 Å². The van der Waals surface area contributed by atoms with Gasteiger partial charge in [0, 0.05) is 25.1 Å². The van der Waals surface area contributed by atoms with Gasteiger partial charge >= 0.3 is 0 Å². The van der Waals surface area contributed by atoms with Gasteiger partial charge in [0.15, 0.2) is 0 Å². The molecule has 2 N–H and O–H groups in total. The molecule has 1 aromatic carbocycles. The zero-order chi connectivity index (χ0) is 12.6. The summed E-state index contributed by atoms with van der Waals surface area (Å²) in [6, 6.07) is 8.18. The Bertz CT molecular complexity index is 434. The Morgan fingerprint density at radius 3 is 3.00 bits per heavy atom. The highest BCUT2D eigenvalue weighted by Gasteiger charge is 2.47. The fourth-order valence-electron chi connectivity index (χ4n) is 3.48. The monoisotopic (exact) mass is 247 g/mol. The van der Waals surface area contributed by atoms with Crippen LogP contribution in [0.4, 0.5) is 0 Å². The summed E-state index contributed by atoms with van der Waals surface area (Å²) in [6.45, 7) is 0. The number of benzene rings is 1. The van der Waals surface area contributed by atoms with Gasteiger partial charge in [-0.3, -0.25) is 0 Å². The maximum Gasteiger partial charge on any atom is 0.137 e. The topological polar surface area (TPSA) is 44.5 Å². The van der Waals surface area contributed by atoms with Crippen LogP contribution < -0.4 is 10.5 Å². The molecule has 0 amide bonds. The van der Waals surface area contributed by atoms with Gasteiger partial charge in [0.1, 0.15) is 11.4 Å². The van der Waals surface area contributed by atoms with E-state index in [-0.39, 0.29) is 17.7 Å². The molecule has 0 saturated heterocycles. The number of rotatable bonds is 1. The molecule has 1 heterocycles. The summed E-state index contributed by atoms with van der Waals surface area (Å²) in [5, 5.41) is 0. The number of methoxy groups -OCH3 is 1. The quantitative estimate of drug-likeness (QED) is 0.830. The van der Waals surface area contributed by atoms with E-state index in [1.54, 1.807) is 7.11 Å². The van der Waals surface area contributed by atoms with Gasteiger partial charge in [-0.2, -0.15) is 0 Å². The molecule has 0 radical (unpaired) electrons. The highest BCUT2D eigenvalue weighted by atomic mass is 16.5. The summed E-state index contributed by atoms with van der Waals surface area (Å²) in [5.41, 5.74) is 7.25. The van der Waals surface area contributed by atoms with Crippen molar-refractivity contribution < 1.29 is 9.47 Å². The number of para-hydroxylation sites is 1. The van der Waals surface area contributed by atoms with Gasteiger partial charge in [0.25, 0.3) is 0 Å². The highest BCUT2D eigenvalue weighted by molar-refractivity contribution is 5.39. The molecule has 3 rings (SSSR count). The third kappa shape index (κ3) is 1.82. The maximum absolute atomic E-state index is 6.33. The van der Waals surface area contributed by atoms with Gasteiger partial charge < -0.3 is 15.2 Å². The Kier molecular flexibility index (Phi) is 3.04. The zero-order valence-electron chi connectivity index (χ0n) is 10.9. The van der Waals surface area contributed by atoms with Crippen LogP contribution >= 0.6 is 0 Å². The number of nitrogens with two attached hydrogens (primary N) is 1. The Balaban J connectivity index is 1.96. The van der Waals surface area contributed by atoms with Gasteiger partial charge in [0.05, 0.1) is 6.10 Å². The van der Waals surface area contributed by atoms with Crippen molar-refractivity contribution >= 4 is 0 Å². The molecular formula is C15H21NO2. The normalized spacial score (nSPS) is 35.0. The minimum atomic E-state index is -0.208. The Labute approximate surface area is 108 Å². The lowest BCUT2D eigenvalue weighted by atomic mass is 9.75. The fraction of sp³-hybridized carbons (Fsp3) is 0.600. The van der Waals surface area contributed by atoms with Crippen LogP contribution in [0.3, 0.4) is 0 Å². The first kappa shape index (κ1) is 12.0. The molecular weight excluding hydrogens is 226 g/mol. The summed E-state index contributed by atoms with van der Waals surface area (Å²) in [7, 11) is 1.78. The van der Waals surface area contributed by atoms with E-state index in [0.717, 1.165) is 30.6 Å². The van der Waals surface area contributed by atoms with Gasteiger partial charge in [-0.1, -0.05) is 24.6 Å². The van der Waals surface area contributed by atoms with E-state index in [2.05, 4.69) is 6.07 Å². The molecule has 0 bridgehead atoms. The van der Waals surface area contributed by atoms with E-state index < -0.39 is 0 Å². The molecule has 1 aliphatic heterocycles. The minimum absolute atomic E-state index is 0.0608. The first-order valence-electron chi connectivity index (χ1n) is 6.81. The van der Waals surface area contributed by atoms with E-state index in [4.69, 9.17) is 15.2 Å². The number of fused-ring (bicyclic) bond motifs is 1. The standard InChI is InChI=1S/C15H21NO2/c1-17-14-8-4-5-9-15(14)10-12(16)11-6-2-3-7-13(11)18-15/h2-3,6-7,12,14H,4-5,8-10,16H2,1H3/t12-,14?,15?/m1/s1. The van der Waals surface area contributed by atoms with Crippen LogP contribution in [0.25, 0.3) is 0 Å². The summed E-state index contributed by atoms with van der Waals surface area (Å²) in [6.07, 6.45) is 5.59. The number of hydrogen-bond donors (Lipinski definition) is 1. The molecule has 18 heavy (non-hydrogen) atoms. The SMILES string of the molecule is COC1CCCCC12C[C@@H](N)c1ccccc1O2. The van der Waals surface area contributed by atoms with Crippen LogP contribution in [-0.2, 0) is 4.74 Å². The van der Waals surface area contributed by atoms with Crippen molar-refractivity contribution in [3.8, 4) is 5.75 Å². The second-order valence-electron chi connectivity index (χ2n) is 5.49. The Hall–Kier alpha value is -1.06. The predicted molar refractivity (Wildman–Crippen MR) is 70.6 cm³/mol. The van der Waals surface area contributed by atoms with Crippen molar-refractivity contribution in [3.05, 3.63) is 29.8 Å². The molecule has 3 atom stereocenters. The third-order valence-corrected chi connectivity index (χ3v) is 4.38. The first-order valence-corrected chi connectivity index (χ1v) is 6.81. The molecule has 1 spiro atoms. The second-order valence-corrected chi connectivity index (χ2v) is 5.49. The molecule has 1 aromatic rings. The molecule has 98 valence electrons. The lowest BCUT2D eigenvalue weighted by molar-refractivity contribution is -0.114. The van der Waals surface area contributed by atoms with Crippen LogP contribution in [0.1, 0.15) is 43.7 Å². The average Bonchev–Trinajstić information content (AvgIpc) is 2.39. The van der Waals surface area contributed by atoms with E-state index in [1.165, 1.54) is 12.8 Å². The molecule has 1 aliphatic carbocycles. The summed E-state index contributed by atoms with van der Waals surface area (Å²) in [5.74, 6) is 0.945. The molecule has 1 saturated carbocycles. The number of hydrogen-bond acceptors (Lipinski definition) is 3. The van der Waals surface area contributed by atoms with Crippen molar-refractivity contribution in [2.45, 2.75) is 49.9 Å². The van der Waals surface area contributed by atoms with Gasteiger partial charge in [-0.15, -0.1) is 0 Å². The van der Waals surface area contributed by atoms with Crippen LogP contribution in [0.5, 0.6) is 5.75 Å². The van der Waals surface area contributed by atoms with E-state index in [1.807, 2.05) is 18.2 Å². The van der Waals surface area contributed by atoms with Crippen LogP contribution in [-0.4, -0.2) is 18.8 Å². The molecule has 3 nitrogen and oxygen atoms in total. The molecule has 3 heteroatoms. The third-order valence-electron chi connectivity index (χ3n) is 4.38. The second kappa shape index (κ2) is 4.56. The maximum atomic E-state index is 6.33.